The third-order valence-electron chi connectivity index (χ3n) is 4.34. The monoisotopic (exact) mass is 332 g/mol. The second kappa shape index (κ2) is 6.62. The molecule has 0 aliphatic carbocycles. The molecule has 1 radical (unpaired) electrons. The zero-order chi connectivity index (χ0) is 15.7. The second-order valence-electron chi connectivity index (χ2n) is 6.05. The molecule has 0 aromatic heterocycles. The zero-order valence-electron chi connectivity index (χ0n) is 12.8. The Morgan fingerprint density at radius 1 is 1.18 bits per heavy atom. The van der Waals surface area contributed by atoms with Crippen LogP contribution in [0.25, 0.3) is 0 Å². The summed E-state index contributed by atoms with van der Waals surface area (Å²) in [6, 6.07) is 12.8. The lowest BCUT2D eigenvalue weighted by Crippen LogP contribution is -2.31. The van der Waals surface area contributed by atoms with Crippen LogP contribution in [0.15, 0.2) is 36.4 Å². The first-order chi connectivity index (χ1) is 10.6. The molecule has 3 heteroatoms. The number of nitrogens with zero attached hydrogens (tertiary/aromatic N) is 1. The summed E-state index contributed by atoms with van der Waals surface area (Å²) in [7, 11) is 2.14. The van der Waals surface area contributed by atoms with E-state index in [0.717, 1.165) is 31.0 Å². The van der Waals surface area contributed by atoms with Crippen molar-refractivity contribution in [3.05, 3.63) is 75.6 Å². The number of rotatable bonds is 3. The van der Waals surface area contributed by atoms with Crippen molar-refractivity contribution in [2.45, 2.75) is 25.3 Å². The van der Waals surface area contributed by atoms with Gasteiger partial charge in [-0.15, -0.1) is 0 Å². The van der Waals surface area contributed by atoms with Crippen LogP contribution in [0, 0.1) is 6.92 Å². The molecule has 1 nitrogen and oxygen atoms in total. The standard InChI is InChI=1S/C19H20Cl2N/c1-3-4-13-5-7-14(8-6-13)17-11-22(2)12-18-16(17)9-15(20)10-19(18)21/h5-10,17H,1,3-4,11-12H2,2H3. The summed E-state index contributed by atoms with van der Waals surface area (Å²) in [5.74, 6) is 0.318. The Hall–Kier alpha value is -1.02. The molecule has 2 aromatic rings. The van der Waals surface area contributed by atoms with Crippen molar-refractivity contribution in [2.24, 2.45) is 0 Å². The smallest absolute Gasteiger partial charge is 0.0468 e. The lowest BCUT2D eigenvalue weighted by molar-refractivity contribution is 0.295. The summed E-state index contributed by atoms with van der Waals surface area (Å²) in [5, 5.41) is 1.49. The molecule has 0 amide bonds. The molecule has 115 valence electrons. The molecule has 1 atom stereocenters. The van der Waals surface area contributed by atoms with Crippen LogP contribution in [0.4, 0.5) is 0 Å². The van der Waals surface area contributed by atoms with Crippen LogP contribution in [0.3, 0.4) is 0 Å². The molecule has 0 bridgehead atoms. The molecule has 0 fully saturated rings. The number of likely N-dealkylation sites (N-methyl/N-ethyl adjacent to an activating group) is 1. The van der Waals surface area contributed by atoms with E-state index in [-0.39, 0.29) is 0 Å². The normalized spacial score (nSPS) is 18.3. The van der Waals surface area contributed by atoms with Crippen molar-refractivity contribution >= 4 is 23.2 Å². The van der Waals surface area contributed by atoms with Gasteiger partial charge in [-0.1, -0.05) is 54.4 Å². The lowest BCUT2D eigenvalue weighted by Gasteiger charge is -2.33. The van der Waals surface area contributed by atoms with E-state index in [2.05, 4.69) is 49.2 Å². The molecular weight excluding hydrogens is 313 g/mol. The van der Waals surface area contributed by atoms with E-state index in [1.54, 1.807) is 0 Å². The topological polar surface area (TPSA) is 3.24 Å². The van der Waals surface area contributed by atoms with Gasteiger partial charge < -0.3 is 4.90 Å². The molecular formula is C19H20Cl2N. The van der Waals surface area contributed by atoms with Crippen molar-refractivity contribution in [3.8, 4) is 0 Å². The molecule has 2 aromatic carbocycles. The first kappa shape index (κ1) is 15.9. The van der Waals surface area contributed by atoms with Gasteiger partial charge in [-0.05, 0) is 54.3 Å². The molecule has 0 N–H and O–H groups in total. The van der Waals surface area contributed by atoms with Crippen LogP contribution < -0.4 is 0 Å². The van der Waals surface area contributed by atoms with E-state index in [9.17, 15) is 0 Å². The SMILES string of the molecule is [CH2]CCc1ccc(C2CN(C)Cc3c(Cl)cc(Cl)cc32)cc1. The Kier molecular flexibility index (Phi) is 4.77. The van der Waals surface area contributed by atoms with Crippen molar-refractivity contribution in [1.29, 1.82) is 0 Å². The van der Waals surface area contributed by atoms with Gasteiger partial charge in [0.2, 0.25) is 0 Å². The van der Waals surface area contributed by atoms with Gasteiger partial charge in [-0.3, -0.25) is 0 Å². The molecule has 1 heterocycles. The van der Waals surface area contributed by atoms with Crippen LogP contribution in [0.2, 0.25) is 10.0 Å². The first-order valence-corrected chi connectivity index (χ1v) is 8.38. The van der Waals surface area contributed by atoms with Crippen molar-refractivity contribution in [3.63, 3.8) is 0 Å². The Labute approximate surface area is 142 Å². The lowest BCUT2D eigenvalue weighted by atomic mass is 9.84. The average Bonchev–Trinajstić information content (AvgIpc) is 2.49. The van der Waals surface area contributed by atoms with Gasteiger partial charge in [-0.2, -0.15) is 0 Å². The molecule has 0 spiro atoms. The Balaban J connectivity index is 2.01. The van der Waals surface area contributed by atoms with Gasteiger partial charge >= 0.3 is 0 Å². The summed E-state index contributed by atoms with van der Waals surface area (Å²) in [6.45, 7) is 5.78. The number of aryl methyl sites for hydroxylation is 1. The van der Waals surface area contributed by atoms with E-state index < -0.39 is 0 Å². The highest BCUT2D eigenvalue weighted by molar-refractivity contribution is 6.35. The number of benzene rings is 2. The molecule has 22 heavy (non-hydrogen) atoms. The van der Waals surface area contributed by atoms with Crippen molar-refractivity contribution in [2.75, 3.05) is 13.6 Å². The number of hydrogen-bond acceptors (Lipinski definition) is 1. The van der Waals surface area contributed by atoms with Gasteiger partial charge in [0, 0.05) is 29.1 Å². The highest BCUT2D eigenvalue weighted by Crippen LogP contribution is 2.38. The quantitative estimate of drug-likeness (QED) is 0.733. The van der Waals surface area contributed by atoms with Crippen LogP contribution >= 0.6 is 23.2 Å². The summed E-state index contributed by atoms with van der Waals surface area (Å²) in [4.78, 5) is 2.32. The van der Waals surface area contributed by atoms with E-state index in [1.807, 2.05) is 6.07 Å². The fourth-order valence-electron chi connectivity index (χ4n) is 3.25. The van der Waals surface area contributed by atoms with Crippen LogP contribution in [-0.4, -0.2) is 18.5 Å². The van der Waals surface area contributed by atoms with E-state index in [4.69, 9.17) is 23.2 Å². The fourth-order valence-corrected chi connectivity index (χ4v) is 3.82. The second-order valence-corrected chi connectivity index (χ2v) is 6.89. The minimum atomic E-state index is 0.318. The number of halogens is 2. The van der Waals surface area contributed by atoms with Gasteiger partial charge in [0.05, 0.1) is 0 Å². The maximum atomic E-state index is 6.41. The molecule has 3 rings (SSSR count). The average molecular weight is 333 g/mol. The third kappa shape index (κ3) is 3.17. The van der Waals surface area contributed by atoms with Crippen molar-refractivity contribution in [1.82, 2.24) is 4.90 Å². The maximum Gasteiger partial charge on any atom is 0.0468 e. The fraction of sp³-hybridized carbons (Fsp3) is 0.316. The minimum absolute atomic E-state index is 0.318. The van der Waals surface area contributed by atoms with E-state index in [0.29, 0.717) is 10.9 Å². The summed E-state index contributed by atoms with van der Waals surface area (Å²) in [6.07, 6.45) is 1.96. The highest BCUT2D eigenvalue weighted by Gasteiger charge is 2.26. The summed E-state index contributed by atoms with van der Waals surface area (Å²) in [5.41, 5.74) is 5.12. The molecule has 1 unspecified atom stereocenters. The Bertz CT molecular complexity index is 664. The third-order valence-corrected chi connectivity index (χ3v) is 4.90. The molecule has 0 saturated carbocycles. The van der Waals surface area contributed by atoms with Crippen LogP contribution in [0.1, 0.15) is 34.6 Å². The van der Waals surface area contributed by atoms with E-state index in [1.165, 1.54) is 22.3 Å². The van der Waals surface area contributed by atoms with Gasteiger partial charge in [-0.25, -0.2) is 0 Å². The Morgan fingerprint density at radius 3 is 2.59 bits per heavy atom. The molecule has 0 saturated heterocycles. The highest BCUT2D eigenvalue weighted by atomic mass is 35.5. The molecule has 1 aliphatic heterocycles. The van der Waals surface area contributed by atoms with Crippen LogP contribution in [0.5, 0.6) is 0 Å². The summed E-state index contributed by atoms with van der Waals surface area (Å²) < 4.78 is 0. The minimum Gasteiger partial charge on any atom is -0.301 e. The van der Waals surface area contributed by atoms with Gasteiger partial charge in [0.15, 0.2) is 0 Å². The molecule has 1 aliphatic rings. The maximum absolute atomic E-state index is 6.41. The van der Waals surface area contributed by atoms with Gasteiger partial charge in [0.25, 0.3) is 0 Å². The Morgan fingerprint density at radius 2 is 1.91 bits per heavy atom. The van der Waals surface area contributed by atoms with Gasteiger partial charge in [0.1, 0.15) is 0 Å². The largest absolute Gasteiger partial charge is 0.301 e. The summed E-state index contributed by atoms with van der Waals surface area (Å²) >= 11 is 12.6. The van der Waals surface area contributed by atoms with Crippen molar-refractivity contribution < 1.29 is 0 Å². The van der Waals surface area contributed by atoms with E-state index >= 15 is 0 Å². The van der Waals surface area contributed by atoms with Crippen LogP contribution in [-0.2, 0) is 13.0 Å². The predicted octanol–water partition coefficient (Wildman–Crippen LogP) is 5.34. The first-order valence-electron chi connectivity index (χ1n) is 7.63. The number of fused-ring (bicyclic) bond motifs is 1. The number of hydrogen-bond donors (Lipinski definition) is 0. The zero-order valence-corrected chi connectivity index (χ0v) is 14.3. The predicted molar refractivity (Wildman–Crippen MR) is 94.8 cm³/mol.